The van der Waals surface area contributed by atoms with Crippen LogP contribution >= 0.6 is 11.6 Å². The number of methoxy groups -OCH3 is 1. The number of ether oxygens (including phenoxy) is 1. The molecule has 1 aromatic carbocycles. The highest BCUT2D eigenvalue weighted by Gasteiger charge is 2.15. The van der Waals surface area contributed by atoms with Crippen LogP contribution in [0, 0.1) is 11.3 Å². The second-order valence-corrected chi connectivity index (χ2v) is 4.22. The molecule has 1 aromatic rings. The molecule has 0 saturated carbocycles. The van der Waals surface area contributed by atoms with E-state index in [0.717, 1.165) is 5.56 Å². The van der Waals surface area contributed by atoms with Crippen LogP contribution in [0.2, 0.25) is 5.02 Å². The van der Waals surface area contributed by atoms with E-state index in [1.54, 1.807) is 31.4 Å². The highest BCUT2D eigenvalue weighted by atomic mass is 35.5. The lowest BCUT2D eigenvalue weighted by Crippen LogP contribution is -2.28. The molecule has 0 aliphatic rings. The maximum Gasteiger partial charge on any atom is 0.221 e. The van der Waals surface area contributed by atoms with Gasteiger partial charge in [0.2, 0.25) is 5.91 Å². The van der Waals surface area contributed by atoms with Crippen molar-refractivity contribution in [3.8, 4) is 6.07 Å². The number of carbonyl (C=O) groups is 1. The minimum atomic E-state index is -0.480. The third kappa shape index (κ3) is 4.74. The van der Waals surface area contributed by atoms with Gasteiger partial charge in [0.25, 0.3) is 0 Å². The summed E-state index contributed by atoms with van der Waals surface area (Å²) in [6.45, 7) is 0.906. The van der Waals surface area contributed by atoms with Gasteiger partial charge < -0.3 is 10.1 Å². The van der Waals surface area contributed by atoms with Gasteiger partial charge in [0.15, 0.2) is 0 Å². The van der Waals surface area contributed by atoms with E-state index in [-0.39, 0.29) is 12.3 Å². The first-order valence-electron chi connectivity index (χ1n) is 5.58. The number of rotatable bonds is 6. The summed E-state index contributed by atoms with van der Waals surface area (Å²) in [6, 6.07) is 9.12. The molecule has 1 unspecified atom stereocenters. The van der Waals surface area contributed by atoms with Crippen molar-refractivity contribution in [1.82, 2.24) is 5.32 Å². The molecule has 0 bridgehead atoms. The van der Waals surface area contributed by atoms with Crippen molar-refractivity contribution in [2.75, 3.05) is 20.3 Å². The first-order chi connectivity index (χ1) is 8.67. The van der Waals surface area contributed by atoms with Crippen LogP contribution in [-0.2, 0) is 9.53 Å². The summed E-state index contributed by atoms with van der Waals surface area (Å²) >= 11 is 5.86. The van der Waals surface area contributed by atoms with Gasteiger partial charge in [-0.3, -0.25) is 4.79 Å². The number of nitriles is 1. The van der Waals surface area contributed by atoms with Crippen molar-refractivity contribution in [2.24, 2.45) is 0 Å². The third-order valence-electron chi connectivity index (χ3n) is 2.42. The first kappa shape index (κ1) is 14.5. The SMILES string of the molecule is COCCNC(=O)CC(C#N)c1cccc(Cl)c1. The van der Waals surface area contributed by atoms with Crippen LogP contribution in [0.15, 0.2) is 24.3 Å². The largest absolute Gasteiger partial charge is 0.383 e. The van der Waals surface area contributed by atoms with E-state index < -0.39 is 5.92 Å². The molecule has 0 radical (unpaired) electrons. The molecule has 96 valence electrons. The van der Waals surface area contributed by atoms with Crippen LogP contribution in [0.5, 0.6) is 0 Å². The van der Waals surface area contributed by atoms with Crippen LogP contribution in [0.3, 0.4) is 0 Å². The van der Waals surface area contributed by atoms with Crippen LogP contribution in [0.4, 0.5) is 0 Å². The van der Waals surface area contributed by atoms with E-state index in [4.69, 9.17) is 21.6 Å². The van der Waals surface area contributed by atoms with Crippen LogP contribution in [0.1, 0.15) is 17.9 Å². The fourth-order valence-corrected chi connectivity index (χ4v) is 1.71. The van der Waals surface area contributed by atoms with E-state index in [0.29, 0.717) is 18.2 Å². The molecule has 0 aliphatic carbocycles. The van der Waals surface area contributed by atoms with Gasteiger partial charge in [-0.2, -0.15) is 5.26 Å². The second kappa shape index (κ2) is 7.70. The number of amides is 1. The van der Waals surface area contributed by atoms with Gasteiger partial charge in [0, 0.05) is 25.1 Å². The van der Waals surface area contributed by atoms with Gasteiger partial charge in [0.05, 0.1) is 18.6 Å². The second-order valence-electron chi connectivity index (χ2n) is 3.78. The maximum absolute atomic E-state index is 11.6. The van der Waals surface area contributed by atoms with Gasteiger partial charge in [-0.25, -0.2) is 0 Å². The van der Waals surface area contributed by atoms with E-state index in [1.807, 2.05) is 0 Å². The Kier molecular flexibility index (Phi) is 6.20. The zero-order valence-corrected chi connectivity index (χ0v) is 10.9. The van der Waals surface area contributed by atoms with E-state index in [9.17, 15) is 4.79 Å². The lowest BCUT2D eigenvalue weighted by molar-refractivity contribution is -0.121. The average molecular weight is 267 g/mol. The van der Waals surface area contributed by atoms with Crippen molar-refractivity contribution in [2.45, 2.75) is 12.3 Å². The zero-order chi connectivity index (χ0) is 13.4. The molecular formula is C13H15ClN2O2. The Morgan fingerprint density at radius 1 is 1.61 bits per heavy atom. The molecule has 0 heterocycles. The minimum absolute atomic E-state index is 0.126. The summed E-state index contributed by atoms with van der Waals surface area (Å²) in [6.07, 6.45) is 0.126. The van der Waals surface area contributed by atoms with Crippen molar-refractivity contribution in [3.63, 3.8) is 0 Å². The first-order valence-corrected chi connectivity index (χ1v) is 5.96. The summed E-state index contributed by atoms with van der Waals surface area (Å²) in [5.74, 6) is -0.648. The Labute approximate surface area is 112 Å². The molecule has 5 heteroatoms. The number of nitrogens with zero attached hydrogens (tertiary/aromatic N) is 1. The van der Waals surface area contributed by atoms with Crippen molar-refractivity contribution >= 4 is 17.5 Å². The van der Waals surface area contributed by atoms with Gasteiger partial charge >= 0.3 is 0 Å². The van der Waals surface area contributed by atoms with Crippen LogP contribution in [0.25, 0.3) is 0 Å². The number of benzene rings is 1. The molecule has 18 heavy (non-hydrogen) atoms. The Morgan fingerprint density at radius 3 is 3.00 bits per heavy atom. The summed E-state index contributed by atoms with van der Waals surface area (Å²) in [4.78, 5) is 11.6. The predicted octanol–water partition coefficient (Wildman–Crippen LogP) is 2.10. The van der Waals surface area contributed by atoms with Crippen molar-refractivity contribution < 1.29 is 9.53 Å². The predicted molar refractivity (Wildman–Crippen MR) is 69.3 cm³/mol. The Bertz CT molecular complexity index is 443. The molecule has 1 amide bonds. The highest BCUT2D eigenvalue weighted by molar-refractivity contribution is 6.30. The van der Waals surface area contributed by atoms with E-state index in [1.165, 1.54) is 0 Å². The molecule has 0 saturated heterocycles. The molecule has 4 nitrogen and oxygen atoms in total. The quantitative estimate of drug-likeness (QED) is 0.802. The Hall–Kier alpha value is -1.57. The standard InChI is InChI=1S/C13H15ClN2O2/c1-18-6-5-16-13(17)8-11(9-15)10-3-2-4-12(14)7-10/h2-4,7,11H,5-6,8H2,1H3,(H,16,17). The lowest BCUT2D eigenvalue weighted by atomic mass is 9.97. The van der Waals surface area contributed by atoms with E-state index >= 15 is 0 Å². The molecule has 0 aliphatic heterocycles. The number of hydrogen-bond acceptors (Lipinski definition) is 3. The molecule has 0 fully saturated rings. The van der Waals surface area contributed by atoms with Gasteiger partial charge in [-0.1, -0.05) is 23.7 Å². The summed E-state index contributed by atoms with van der Waals surface area (Å²) in [7, 11) is 1.57. The number of carbonyl (C=O) groups excluding carboxylic acids is 1. The van der Waals surface area contributed by atoms with Crippen LogP contribution < -0.4 is 5.32 Å². The third-order valence-corrected chi connectivity index (χ3v) is 2.66. The average Bonchev–Trinajstić information content (AvgIpc) is 2.36. The van der Waals surface area contributed by atoms with Gasteiger partial charge in [-0.15, -0.1) is 0 Å². The van der Waals surface area contributed by atoms with Crippen LogP contribution in [-0.4, -0.2) is 26.2 Å². The normalized spacial score (nSPS) is 11.6. The Morgan fingerprint density at radius 2 is 2.39 bits per heavy atom. The molecule has 1 atom stereocenters. The molecular weight excluding hydrogens is 252 g/mol. The summed E-state index contributed by atoms with van der Waals surface area (Å²) in [5.41, 5.74) is 0.756. The van der Waals surface area contributed by atoms with Gasteiger partial charge in [0.1, 0.15) is 0 Å². The van der Waals surface area contributed by atoms with E-state index in [2.05, 4.69) is 11.4 Å². The number of nitrogens with one attached hydrogen (secondary N) is 1. The maximum atomic E-state index is 11.6. The number of halogens is 1. The lowest BCUT2D eigenvalue weighted by Gasteiger charge is -2.10. The minimum Gasteiger partial charge on any atom is -0.383 e. The van der Waals surface area contributed by atoms with Crippen molar-refractivity contribution in [1.29, 1.82) is 5.26 Å². The number of hydrogen-bond donors (Lipinski definition) is 1. The van der Waals surface area contributed by atoms with Crippen molar-refractivity contribution in [3.05, 3.63) is 34.9 Å². The fourth-order valence-electron chi connectivity index (χ4n) is 1.51. The highest BCUT2D eigenvalue weighted by Crippen LogP contribution is 2.21. The topological polar surface area (TPSA) is 62.1 Å². The smallest absolute Gasteiger partial charge is 0.221 e. The Balaban J connectivity index is 2.57. The van der Waals surface area contributed by atoms with Gasteiger partial charge in [-0.05, 0) is 17.7 Å². The summed E-state index contributed by atoms with van der Waals surface area (Å²) in [5, 5.41) is 12.3. The molecule has 1 rings (SSSR count). The molecule has 0 spiro atoms. The fraction of sp³-hybridized carbons (Fsp3) is 0.385. The molecule has 0 aromatic heterocycles. The zero-order valence-electron chi connectivity index (χ0n) is 10.1. The summed E-state index contributed by atoms with van der Waals surface area (Å²) < 4.78 is 4.83. The molecule has 1 N–H and O–H groups in total. The monoisotopic (exact) mass is 266 g/mol.